The molecule has 39 heavy (non-hydrogen) atoms. The molecule has 0 N–H and O–H groups in total. The van der Waals surface area contributed by atoms with E-state index in [0.29, 0.717) is 0 Å². The van der Waals surface area contributed by atoms with Crippen LogP contribution < -0.4 is 14.7 Å². The molecule has 4 nitrogen and oxygen atoms in total. The summed E-state index contributed by atoms with van der Waals surface area (Å²) in [5.74, 6) is 0.177. The zero-order valence-corrected chi connectivity index (χ0v) is 24.1. The van der Waals surface area contributed by atoms with Crippen LogP contribution in [0.2, 0.25) is 0 Å². The molecule has 3 heterocycles. The summed E-state index contributed by atoms with van der Waals surface area (Å²) in [4.78, 5) is 16.3. The average Bonchev–Trinajstić information content (AvgIpc) is 3.69. The molecule has 3 aromatic carbocycles. The van der Waals surface area contributed by atoms with E-state index in [4.69, 9.17) is 17.6 Å². The van der Waals surface area contributed by atoms with Crippen molar-refractivity contribution in [3.8, 4) is 0 Å². The van der Waals surface area contributed by atoms with Gasteiger partial charge in [0.1, 0.15) is 5.69 Å². The molecular formula is C33H34N4S2. The minimum Gasteiger partial charge on any atom is -0.371 e. The third-order valence-corrected chi connectivity index (χ3v) is 9.69. The van der Waals surface area contributed by atoms with E-state index in [9.17, 15) is 0 Å². The first-order chi connectivity index (χ1) is 19.2. The summed E-state index contributed by atoms with van der Waals surface area (Å²) in [5, 5.41) is 0. The Morgan fingerprint density at radius 2 is 1.38 bits per heavy atom. The molecule has 0 saturated carbocycles. The standard InChI is InChI=1S/C33H34N4S2/c1-23-20-24(37-27-10-2-4-12-31(27)39-32-13-5-3-11-28(32)37)14-15-26(23)34-33-29(36-18-8-9-19-36)21-25(22-30(33)38)35-16-6-7-17-35/h2-5,10-15,20-23,38H,6-9,16-19H2,1H3. The number of para-hydroxylation sites is 2. The molecule has 0 bridgehead atoms. The van der Waals surface area contributed by atoms with Crippen molar-refractivity contribution in [3.63, 3.8) is 0 Å². The first kappa shape index (κ1) is 24.9. The second kappa shape index (κ2) is 10.5. The van der Waals surface area contributed by atoms with Crippen LogP contribution in [0.25, 0.3) is 0 Å². The lowest BCUT2D eigenvalue weighted by Crippen LogP contribution is -2.23. The summed E-state index contributed by atoms with van der Waals surface area (Å²) in [7, 11) is 0. The van der Waals surface area contributed by atoms with E-state index in [1.54, 1.807) is 0 Å². The molecule has 7 rings (SSSR count). The molecule has 0 spiro atoms. The minimum atomic E-state index is 0.177. The predicted octanol–water partition coefficient (Wildman–Crippen LogP) is 8.64. The van der Waals surface area contributed by atoms with Crippen molar-refractivity contribution in [2.24, 2.45) is 10.9 Å². The zero-order chi connectivity index (χ0) is 26.3. The van der Waals surface area contributed by atoms with E-state index in [1.807, 2.05) is 11.8 Å². The number of hydrogen-bond donors (Lipinski definition) is 1. The Labute approximate surface area is 241 Å². The third kappa shape index (κ3) is 4.68. The number of anilines is 4. The summed E-state index contributed by atoms with van der Waals surface area (Å²) in [6.45, 7) is 6.71. The van der Waals surface area contributed by atoms with Crippen molar-refractivity contribution in [1.29, 1.82) is 0 Å². The van der Waals surface area contributed by atoms with Gasteiger partial charge in [0, 0.05) is 63.9 Å². The van der Waals surface area contributed by atoms with Gasteiger partial charge in [0.05, 0.1) is 17.1 Å². The lowest BCUT2D eigenvalue weighted by atomic mass is 9.97. The number of fused-ring (bicyclic) bond motifs is 2. The number of nitrogens with zero attached hydrogens (tertiary/aromatic N) is 4. The van der Waals surface area contributed by atoms with Crippen LogP contribution >= 0.6 is 24.4 Å². The maximum Gasteiger partial charge on any atom is 0.100 e. The van der Waals surface area contributed by atoms with Crippen LogP contribution in [0.4, 0.5) is 28.4 Å². The molecule has 2 saturated heterocycles. The van der Waals surface area contributed by atoms with Crippen LogP contribution in [0, 0.1) is 5.92 Å². The van der Waals surface area contributed by atoms with Crippen LogP contribution in [-0.4, -0.2) is 31.9 Å². The Hall–Kier alpha value is -3.09. The van der Waals surface area contributed by atoms with Gasteiger partial charge in [0.15, 0.2) is 0 Å². The molecular weight excluding hydrogens is 517 g/mol. The van der Waals surface area contributed by atoms with Gasteiger partial charge in [0.2, 0.25) is 0 Å². The molecule has 3 aromatic rings. The monoisotopic (exact) mass is 550 g/mol. The van der Waals surface area contributed by atoms with Crippen molar-refractivity contribution in [2.75, 3.05) is 40.9 Å². The Morgan fingerprint density at radius 1 is 0.769 bits per heavy atom. The minimum absolute atomic E-state index is 0.177. The van der Waals surface area contributed by atoms with Crippen molar-refractivity contribution in [3.05, 3.63) is 84.6 Å². The lowest BCUT2D eigenvalue weighted by molar-refractivity contribution is 0.938. The van der Waals surface area contributed by atoms with E-state index >= 15 is 0 Å². The van der Waals surface area contributed by atoms with Gasteiger partial charge in [-0.25, -0.2) is 4.99 Å². The second-order valence-electron chi connectivity index (χ2n) is 10.8. The van der Waals surface area contributed by atoms with E-state index in [0.717, 1.165) is 42.5 Å². The highest BCUT2D eigenvalue weighted by molar-refractivity contribution is 7.99. The van der Waals surface area contributed by atoms with Crippen LogP contribution in [0.3, 0.4) is 0 Å². The summed E-state index contributed by atoms with van der Waals surface area (Å²) < 4.78 is 0. The van der Waals surface area contributed by atoms with Gasteiger partial charge in [-0.3, -0.25) is 0 Å². The topological polar surface area (TPSA) is 22.1 Å². The van der Waals surface area contributed by atoms with Gasteiger partial charge in [-0.2, -0.15) is 0 Å². The normalized spacial score (nSPS) is 21.4. The number of thiol groups is 1. The lowest BCUT2D eigenvalue weighted by Gasteiger charge is -2.35. The van der Waals surface area contributed by atoms with Crippen LogP contribution in [0.1, 0.15) is 32.6 Å². The zero-order valence-electron chi connectivity index (χ0n) is 22.4. The number of hydrogen-bond acceptors (Lipinski definition) is 6. The first-order valence-electron chi connectivity index (χ1n) is 14.2. The SMILES string of the molecule is CC1C=C(N2c3ccccc3Sc3ccccc32)C=CC1=Nc1c(S)cc(N2CCCC2)cc1N1CCCC1. The first-order valence-corrected chi connectivity index (χ1v) is 15.4. The van der Waals surface area contributed by atoms with E-state index in [2.05, 4.69) is 101 Å². The van der Waals surface area contributed by atoms with Gasteiger partial charge >= 0.3 is 0 Å². The van der Waals surface area contributed by atoms with E-state index in [-0.39, 0.29) is 5.92 Å². The molecule has 198 valence electrons. The molecule has 0 aromatic heterocycles. The van der Waals surface area contributed by atoms with Crippen LogP contribution in [0.5, 0.6) is 0 Å². The summed E-state index contributed by atoms with van der Waals surface area (Å²) in [5.41, 5.74) is 8.27. The molecule has 0 radical (unpaired) electrons. The van der Waals surface area contributed by atoms with Gasteiger partial charge in [-0.15, -0.1) is 12.6 Å². The smallest absolute Gasteiger partial charge is 0.100 e. The van der Waals surface area contributed by atoms with E-state index in [1.165, 1.54) is 63.9 Å². The summed E-state index contributed by atoms with van der Waals surface area (Å²) in [6, 6.07) is 22.0. The second-order valence-corrected chi connectivity index (χ2v) is 12.4. The largest absolute Gasteiger partial charge is 0.371 e. The van der Waals surface area contributed by atoms with Gasteiger partial charge < -0.3 is 14.7 Å². The fraction of sp³-hybridized carbons (Fsp3) is 0.303. The van der Waals surface area contributed by atoms with Crippen LogP contribution in [0.15, 0.2) is 104 Å². The van der Waals surface area contributed by atoms with Crippen molar-refractivity contribution in [1.82, 2.24) is 0 Å². The average molecular weight is 551 g/mol. The molecule has 1 atom stereocenters. The van der Waals surface area contributed by atoms with Gasteiger partial charge in [-0.05, 0) is 74.2 Å². The molecule has 6 heteroatoms. The fourth-order valence-corrected chi connectivity index (χ4v) is 7.54. The Balaban J connectivity index is 1.25. The highest BCUT2D eigenvalue weighted by atomic mass is 32.2. The maximum absolute atomic E-state index is 5.31. The quantitative estimate of drug-likeness (QED) is 0.328. The molecule has 0 amide bonds. The number of rotatable bonds is 4. The third-order valence-electron chi connectivity index (χ3n) is 8.22. The Kier molecular flexibility index (Phi) is 6.69. The van der Waals surface area contributed by atoms with Crippen molar-refractivity contribution >= 4 is 58.5 Å². The predicted molar refractivity (Wildman–Crippen MR) is 169 cm³/mol. The van der Waals surface area contributed by atoms with Crippen molar-refractivity contribution < 1.29 is 0 Å². The highest BCUT2D eigenvalue weighted by Gasteiger charge is 2.27. The van der Waals surface area contributed by atoms with Crippen LogP contribution in [-0.2, 0) is 0 Å². The molecule has 1 unspecified atom stereocenters. The molecule has 1 aliphatic carbocycles. The number of allylic oxidation sites excluding steroid dienone is 3. The van der Waals surface area contributed by atoms with Gasteiger partial charge in [0.25, 0.3) is 0 Å². The molecule has 4 aliphatic rings. The highest BCUT2D eigenvalue weighted by Crippen LogP contribution is 2.50. The van der Waals surface area contributed by atoms with Gasteiger partial charge in [-0.1, -0.05) is 49.0 Å². The molecule has 3 aliphatic heterocycles. The summed E-state index contributed by atoms with van der Waals surface area (Å²) >= 11 is 6.85. The molecule has 2 fully saturated rings. The van der Waals surface area contributed by atoms with Crippen molar-refractivity contribution in [2.45, 2.75) is 47.3 Å². The Bertz CT molecular complexity index is 1450. The Morgan fingerprint density at radius 3 is 2.03 bits per heavy atom. The fourth-order valence-electron chi connectivity index (χ4n) is 6.18. The van der Waals surface area contributed by atoms with E-state index < -0.39 is 0 Å². The number of benzene rings is 3. The maximum atomic E-state index is 5.31. The number of aliphatic imine (C=N–C) groups is 1. The summed E-state index contributed by atoms with van der Waals surface area (Å²) in [6.07, 6.45) is 11.8.